The third-order valence-electron chi connectivity index (χ3n) is 3.55. The van der Waals surface area contributed by atoms with Crippen molar-refractivity contribution in [2.24, 2.45) is 4.36 Å². The molecule has 3 rings (SSSR count). The lowest BCUT2D eigenvalue weighted by Crippen LogP contribution is -2.04. The quantitative estimate of drug-likeness (QED) is 0.654. The van der Waals surface area contributed by atoms with Crippen molar-refractivity contribution in [2.75, 3.05) is 6.26 Å². The van der Waals surface area contributed by atoms with E-state index in [0.29, 0.717) is 10.5 Å². The first-order valence-corrected chi connectivity index (χ1v) is 9.81. The summed E-state index contributed by atoms with van der Waals surface area (Å²) in [6.07, 6.45) is 4.43. The Kier molecular flexibility index (Phi) is 5.26. The molecule has 1 heterocycles. The molecule has 0 radical (unpaired) electrons. The molecule has 0 bridgehead atoms. The molecule has 0 saturated heterocycles. The highest BCUT2D eigenvalue weighted by Crippen LogP contribution is 2.13. The monoisotopic (exact) mass is 360 g/mol. The van der Waals surface area contributed by atoms with E-state index in [0.717, 1.165) is 5.56 Å². The van der Waals surface area contributed by atoms with E-state index in [1.165, 1.54) is 12.5 Å². The molecule has 0 spiro atoms. The third kappa shape index (κ3) is 4.44. The highest BCUT2D eigenvalue weighted by atomic mass is 32.2. The normalized spacial score (nSPS) is 12.3. The molecule has 2 aromatic carbocycles. The van der Waals surface area contributed by atoms with Crippen LogP contribution in [-0.4, -0.2) is 21.4 Å². The van der Waals surface area contributed by atoms with E-state index in [2.05, 4.69) is 21.2 Å². The minimum Gasteiger partial charge on any atom is -0.266 e. The average Bonchev–Trinajstić information content (AvgIpc) is 2.68. The number of nitrogens with zero attached hydrogens (tertiary/aromatic N) is 2. The van der Waals surface area contributed by atoms with Crippen LogP contribution in [0.4, 0.5) is 0 Å². The van der Waals surface area contributed by atoms with Gasteiger partial charge in [-0.2, -0.15) is 4.36 Å². The number of hydrogen-bond donors (Lipinski definition) is 0. The molecular formula is C21H16N2O2S. The molecule has 1 aromatic heterocycles. The Morgan fingerprint density at radius 2 is 1.54 bits per heavy atom. The molecule has 5 heteroatoms. The van der Waals surface area contributed by atoms with E-state index in [1.807, 2.05) is 36.4 Å². The van der Waals surface area contributed by atoms with Gasteiger partial charge < -0.3 is 0 Å². The Hall–Kier alpha value is -3.23. The van der Waals surface area contributed by atoms with E-state index in [9.17, 15) is 9.00 Å². The number of pyridine rings is 1. The predicted molar refractivity (Wildman–Crippen MR) is 102 cm³/mol. The van der Waals surface area contributed by atoms with Crippen molar-refractivity contribution in [1.82, 2.24) is 4.98 Å². The maximum Gasteiger partial charge on any atom is 0.286 e. The van der Waals surface area contributed by atoms with Crippen molar-refractivity contribution in [3.05, 3.63) is 95.8 Å². The van der Waals surface area contributed by atoms with Crippen molar-refractivity contribution in [3.8, 4) is 11.8 Å². The van der Waals surface area contributed by atoms with Gasteiger partial charge in [0.15, 0.2) is 0 Å². The zero-order chi connectivity index (χ0) is 18.4. The smallest absolute Gasteiger partial charge is 0.266 e. The fourth-order valence-electron chi connectivity index (χ4n) is 2.23. The lowest BCUT2D eigenvalue weighted by Gasteiger charge is -2.03. The summed E-state index contributed by atoms with van der Waals surface area (Å²) in [4.78, 5) is 17.0. The molecule has 0 saturated carbocycles. The first-order valence-electron chi connectivity index (χ1n) is 7.88. The molecule has 128 valence electrons. The number of amides is 1. The second-order valence-corrected chi connectivity index (χ2v) is 7.85. The number of carbonyl (C=O) groups excluding carboxylic acids is 1. The lowest BCUT2D eigenvalue weighted by molar-refractivity contribution is 0.100. The van der Waals surface area contributed by atoms with Crippen molar-refractivity contribution < 1.29 is 9.00 Å². The molecule has 1 amide bonds. The van der Waals surface area contributed by atoms with Gasteiger partial charge in [-0.25, -0.2) is 4.21 Å². The van der Waals surface area contributed by atoms with E-state index < -0.39 is 15.6 Å². The van der Waals surface area contributed by atoms with E-state index in [4.69, 9.17) is 0 Å². The summed E-state index contributed by atoms with van der Waals surface area (Å²) in [5, 5.41) is 0. The molecule has 1 atom stereocenters. The SMILES string of the molecule is CS(=O)(=NC(=O)c1cncc(C#Cc2ccccc2)c1)c1ccccc1. The molecule has 0 N–H and O–H groups in total. The van der Waals surface area contributed by atoms with Gasteiger partial charge in [0, 0.05) is 34.7 Å². The highest BCUT2D eigenvalue weighted by Gasteiger charge is 2.11. The van der Waals surface area contributed by atoms with Crippen LogP contribution in [0.2, 0.25) is 0 Å². The van der Waals surface area contributed by atoms with Crippen molar-refractivity contribution in [3.63, 3.8) is 0 Å². The van der Waals surface area contributed by atoms with Crippen LogP contribution in [0.15, 0.2) is 88.4 Å². The summed E-state index contributed by atoms with van der Waals surface area (Å²) in [5.41, 5.74) is 1.72. The van der Waals surface area contributed by atoms with E-state index in [-0.39, 0.29) is 5.56 Å². The van der Waals surface area contributed by atoms with Crippen LogP contribution in [0.1, 0.15) is 21.5 Å². The topological polar surface area (TPSA) is 59.4 Å². The van der Waals surface area contributed by atoms with Crippen LogP contribution in [0, 0.1) is 11.8 Å². The lowest BCUT2D eigenvalue weighted by atomic mass is 10.2. The molecule has 0 aliphatic carbocycles. The molecule has 1 unspecified atom stereocenters. The second-order valence-electron chi connectivity index (χ2n) is 5.59. The molecule has 0 aliphatic rings. The van der Waals surface area contributed by atoms with Gasteiger partial charge in [-0.05, 0) is 30.3 Å². The Bertz CT molecular complexity index is 1100. The fourth-order valence-corrected chi connectivity index (χ4v) is 3.42. The van der Waals surface area contributed by atoms with Crippen LogP contribution >= 0.6 is 0 Å². The summed E-state index contributed by atoms with van der Waals surface area (Å²) in [5.74, 6) is 5.41. The fraction of sp³-hybridized carbons (Fsp3) is 0.0476. The first kappa shape index (κ1) is 17.6. The summed E-state index contributed by atoms with van der Waals surface area (Å²) in [6, 6.07) is 19.9. The van der Waals surface area contributed by atoms with Gasteiger partial charge in [0.1, 0.15) is 0 Å². The van der Waals surface area contributed by atoms with Gasteiger partial charge in [0.2, 0.25) is 0 Å². The second kappa shape index (κ2) is 7.77. The third-order valence-corrected chi connectivity index (χ3v) is 5.21. The van der Waals surface area contributed by atoms with Crippen molar-refractivity contribution in [1.29, 1.82) is 0 Å². The number of rotatable bonds is 2. The van der Waals surface area contributed by atoms with Crippen LogP contribution in [-0.2, 0) is 9.73 Å². The van der Waals surface area contributed by atoms with Crippen LogP contribution in [0.5, 0.6) is 0 Å². The zero-order valence-corrected chi connectivity index (χ0v) is 14.9. The molecule has 0 aliphatic heterocycles. The number of aromatic nitrogens is 1. The molecule has 3 aromatic rings. The van der Waals surface area contributed by atoms with Gasteiger partial charge in [0.05, 0.1) is 15.3 Å². The number of carbonyl (C=O) groups is 1. The molecular weight excluding hydrogens is 344 g/mol. The van der Waals surface area contributed by atoms with E-state index in [1.54, 1.807) is 36.5 Å². The van der Waals surface area contributed by atoms with Gasteiger partial charge >= 0.3 is 0 Å². The summed E-state index contributed by atoms with van der Waals surface area (Å²) >= 11 is 0. The van der Waals surface area contributed by atoms with Crippen LogP contribution in [0.3, 0.4) is 0 Å². The van der Waals surface area contributed by atoms with E-state index >= 15 is 0 Å². The average molecular weight is 360 g/mol. The largest absolute Gasteiger partial charge is 0.286 e. The Morgan fingerprint density at radius 1 is 0.923 bits per heavy atom. The highest BCUT2D eigenvalue weighted by molar-refractivity contribution is 7.93. The minimum atomic E-state index is -2.81. The summed E-state index contributed by atoms with van der Waals surface area (Å²) in [7, 11) is -2.81. The Labute approximate surface area is 153 Å². The van der Waals surface area contributed by atoms with Gasteiger partial charge in [-0.1, -0.05) is 48.2 Å². The summed E-state index contributed by atoms with van der Waals surface area (Å²) < 4.78 is 16.6. The Balaban J connectivity index is 1.89. The minimum absolute atomic E-state index is 0.260. The molecule has 4 nitrogen and oxygen atoms in total. The first-order chi connectivity index (χ1) is 12.5. The summed E-state index contributed by atoms with van der Waals surface area (Å²) in [6.45, 7) is 0. The van der Waals surface area contributed by atoms with Gasteiger partial charge in [-0.15, -0.1) is 0 Å². The van der Waals surface area contributed by atoms with Gasteiger partial charge in [0.25, 0.3) is 5.91 Å². The molecule has 26 heavy (non-hydrogen) atoms. The van der Waals surface area contributed by atoms with Crippen LogP contribution < -0.4 is 0 Å². The standard InChI is InChI=1S/C21H16N2O2S/c1-26(25,20-10-6-3-7-11-20)23-21(24)19-14-18(15-22-16-19)13-12-17-8-4-2-5-9-17/h2-11,14-16H,1H3. The van der Waals surface area contributed by atoms with Gasteiger partial charge in [-0.3, -0.25) is 9.78 Å². The maximum atomic E-state index is 12.7. The van der Waals surface area contributed by atoms with Crippen molar-refractivity contribution in [2.45, 2.75) is 4.90 Å². The number of hydrogen-bond acceptors (Lipinski definition) is 3. The zero-order valence-electron chi connectivity index (χ0n) is 14.1. The van der Waals surface area contributed by atoms with Crippen LogP contribution in [0.25, 0.3) is 0 Å². The number of benzene rings is 2. The maximum absolute atomic E-state index is 12.7. The Morgan fingerprint density at radius 3 is 2.23 bits per heavy atom. The van der Waals surface area contributed by atoms with Crippen molar-refractivity contribution >= 4 is 15.6 Å². The predicted octanol–water partition coefficient (Wildman–Crippen LogP) is 3.78. The molecule has 0 fully saturated rings.